The number of hydrogen-bond donors (Lipinski definition) is 2. The third kappa shape index (κ3) is 5.89. The number of carbonyl (C=O) groups excluding carboxylic acids is 1. The molecule has 100 valence electrons. The van der Waals surface area contributed by atoms with E-state index in [0.29, 0.717) is 12.3 Å². The number of benzene rings is 1. The normalized spacial score (nSPS) is 12.2. The molecule has 1 atom stereocenters. The van der Waals surface area contributed by atoms with Gasteiger partial charge in [0.1, 0.15) is 0 Å². The van der Waals surface area contributed by atoms with Crippen molar-refractivity contribution < 1.29 is 4.79 Å². The molecule has 1 aromatic carbocycles. The minimum atomic E-state index is 0.0423. The van der Waals surface area contributed by atoms with Gasteiger partial charge in [-0.25, -0.2) is 0 Å². The van der Waals surface area contributed by atoms with E-state index < -0.39 is 0 Å². The molecule has 0 aliphatic rings. The zero-order chi connectivity index (χ0) is 13.4. The van der Waals surface area contributed by atoms with Gasteiger partial charge in [0.2, 0.25) is 5.91 Å². The third-order valence-corrected chi connectivity index (χ3v) is 4.05. The molecule has 1 rings (SSSR count). The largest absolute Gasteiger partial charge is 0.349 e. The van der Waals surface area contributed by atoms with Gasteiger partial charge < -0.3 is 11.1 Å². The molecule has 0 radical (unpaired) electrons. The Kier molecular flexibility index (Phi) is 7.39. The molecule has 0 saturated heterocycles. The lowest BCUT2D eigenvalue weighted by Crippen LogP contribution is -2.28. The van der Waals surface area contributed by atoms with E-state index in [2.05, 4.69) is 21.2 Å². The first kappa shape index (κ1) is 15.5. The van der Waals surface area contributed by atoms with E-state index in [1.54, 1.807) is 11.8 Å². The molecule has 3 nitrogen and oxygen atoms in total. The second-order valence-electron chi connectivity index (χ2n) is 4.04. The molecule has 0 heterocycles. The first-order valence-corrected chi connectivity index (χ1v) is 7.91. The summed E-state index contributed by atoms with van der Waals surface area (Å²) in [5, 5.41) is 2.99. The third-order valence-electron chi connectivity index (χ3n) is 2.47. The average Bonchev–Trinajstić information content (AvgIpc) is 2.35. The molecule has 3 N–H and O–H groups in total. The van der Waals surface area contributed by atoms with Crippen LogP contribution >= 0.6 is 27.7 Å². The van der Waals surface area contributed by atoms with Crippen LogP contribution in [0.2, 0.25) is 0 Å². The Morgan fingerprint density at radius 3 is 2.72 bits per heavy atom. The first-order chi connectivity index (χ1) is 8.63. The number of amides is 1. The summed E-state index contributed by atoms with van der Waals surface area (Å²) in [4.78, 5) is 11.7. The molecule has 0 aromatic heterocycles. The van der Waals surface area contributed by atoms with Crippen molar-refractivity contribution in [1.29, 1.82) is 0 Å². The molecule has 0 bridgehead atoms. The Bertz CT molecular complexity index is 370. The highest BCUT2D eigenvalue weighted by Crippen LogP contribution is 2.16. The van der Waals surface area contributed by atoms with Crippen LogP contribution in [0.25, 0.3) is 0 Å². The van der Waals surface area contributed by atoms with E-state index in [-0.39, 0.29) is 11.9 Å². The van der Waals surface area contributed by atoms with Gasteiger partial charge in [-0.15, -0.1) is 0 Å². The molecule has 1 amide bonds. The zero-order valence-corrected chi connectivity index (χ0v) is 12.9. The molecule has 0 aliphatic heterocycles. The van der Waals surface area contributed by atoms with Crippen LogP contribution in [-0.4, -0.2) is 24.0 Å². The lowest BCUT2D eigenvalue weighted by Gasteiger charge is -2.14. The predicted octanol–water partition coefficient (Wildman–Crippen LogP) is 2.71. The molecule has 0 spiro atoms. The van der Waals surface area contributed by atoms with Crippen molar-refractivity contribution in [3.8, 4) is 0 Å². The van der Waals surface area contributed by atoms with Crippen LogP contribution in [0.1, 0.15) is 24.9 Å². The molecular weight excluding hydrogens is 312 g/mol. The van der Waals surface area contributed by atoms with Gasteiger partial charge in [0.05, 0.1) is 11.8 Å². The summed E-state index contributed by atoms with van der Waals surface area (Å²) in [6.07, 6.45) is 0.959. The van der Waals surface area contributed by atoms with E-state index in [1.807, 2.05) is 31.2 Å². The molecule has 1 unspecified atom stereocenters. The Labute approximate surface area is 121 Å². The van der Waals surface area contributed by atoms with Crippen LogP contribution < -0.4 is 11.1 Å². The molecule has 0 saturated carbocycles. The quantitative estimate of drug-likeness (QED) is 0.756. The fourth-order valence-electron chi connectivity index (χ4n) is 1.47. The Morgan fingerprint density at radius 1 is 1.44 bits per heavy atom. The lowest BCUT2D eigenvalue weighted by atomic mass is 10.1. The van der Waals surface area contributed by atoms with Crippen molar-refractivity contribution in [2.45, 2.75) is 19.4 Å². The highest BCUT2D eigenvalue weighted by molar-refractivity contribution is 9.10. The summed E-state index contributed by atoms with van der Waals surface area (Å²) in [7, 11) is 0. The van der Waals surface area contributed by atoms with Crippen LogP contribution in [-0.2, 0) is 4.79 Å². The smallest absolute Gasteiger partial charge is 0.230 e. The standard InChI is InChI=1S/C13H19BrN2OS/c1-10(11-3-5-12(14)6-4-11)16-13(17)9-18-8-2-7-15/h3-6,10H,2,7-9,15H2,1H3,(H,16,17). The Morgan fingerprint density at radius 2 is 2.11 bits per heavy atom. The van der Waals surface area contributed by atoms with Gasteiger partial charge in [0.15, 0.2) is 0 Å². The van der Waals surface area contributed by atoms with Gasteiger partial charge >= 0.3 is 0 Å². The van der Waals surface area contributed by atoms with Crippen LogP contribution in [0.5, 0.6) is 0 Å². The first-order valence-electron chi connectivity index (χ1n) is 5.96. The second-order valence-corrected chi connectivity index (χ2v) is 6.06. The maximum absolute atomic E-state index is 11.7. The van der Waals surface area contributed by atoms with Crippen molar-refractivity contribution in [1.82, 2.24) is 5.32 Å². The maximum atomic E-state index is 11.7. The van der Waals surface area contributed by atoms with Gasteiger partial charge in [-0.05, 0) is 43.3 Å². The van der Waals surface area contributed by atoms with Crippen molar-refractivity contribution in [3.63, 3.8) is 0 Å². The van der Waals surface area contributed by atoms with Gasteiger partial charge in [-0.2, -0.15) is 11.8 Å². The molecule has 18 heavy (non-hydrogen) atoms. The van der Waals surface area contributed by atoms with Crippen LogP contribution in [0, 0.1) is 0 Å². The fourth-order valence-corrected chi connectivity index (χ4v) is 2.52. The summed E-state index contributed by atoms with van der Waals surface area (Å²) >= 11 is 5.02. The molecule has 5 heteroatoms. The molecule has 0 aliphatic carbocycles. The average molecular weight is 331 g/mol. The van der Waals surface area contributed by atoms with Gasteiger partial charge in [-0.1, -0.05) is 28.1 Å². The monoisotopic (exact) mass is 330 g/mol. The second kappa shape index (κ2) is 8.56. The number of nitrogens with one attached hydrogen (secondary N) is 1. The van der Waals surface area contributed by atoms with Crippen LogP contribution in [0.4, 0.5) is 0 Å². The minimum Gasteiger partial charge on any atom is -0.349 e. The van der Waals surface area contributed by atoms with Crippen LogP contribution in [0.3, 0.4) is 0 Å². The van der Waals surface area contributed by atoms with E-state index >= 15 is 0 Å². The summed E-state index contributed by atoms with van der Waals surface area (Å²) in [5.41, 5.74) is 6.51. The number of halogens is 1. The predicted molar refractivity (Wildman–Crippen MR) is 81.7 cm³/mol. The number of carbonyl (C=O) groups is 1. The van der Waals surface area contributed by atoms with Gasteiger partial charge in [0.25, 0.3) is 0 Å². The topological polar surface area (TPSA) is 55.1 Å². The number of hydrogen-bond acceptors (Lipinski definition) is 3. The zero-order valence-electron chi connectivity index (χ0n) is 10.5. The fraction of sp³-hybridized carbons (Fsp3) is 0.462. The summed E-state index contributed by atoms with van der Waals surface area (Å²) in [6, 6.07) is 8.02. The van der Waals surface area contributed by atoms with Gasteiger partial charge in [0, 0.05) is 4.47 Å². The van der Waals surface area contributed by atoms with Crippen molar-refractivity contribution in [2.24, 2.45) is 5.73 Å². The Hall–Kier alpha value is -0.520. The van der Waals surface area contributed by atoms with E-state index in [4.69, 9.17) is 5.73 Å². The molecular formula is C13H19BrN2OS. The van der Waals surface area contributed by atoms with E-state index in [0.717, 1.165) is 22.2 Å². The highest BCUT2D eigenvalue weighted by Gasteiger charge is 2.09. The van der Waals surface area contributed by atoms with Crippen LogP contribution in [0.15, 0.2) is 28.7 Å². The Balaban J connectivity index is 2.33. The number of nitrogens with two attached hydrogens (primary N) is 1. The van der Waals surface area contributed by atoms with Crippen molar-refractivity contribution in [3.05, 3.63) is 34.3 Å². The van der Waals surface area contributed by atoms with Gasteiger partial charge in [-0.3, -0.25) is 4.79 Å². The molecule has 1 aromatic rings. The van der Waals surface area contributed by atoms with E-state index in [9.17, 15) is 4.79 Å². The summed E-state index contributed by atoms with van der Waals surface area (Å²) < 4.78 is 1.04. The van der Waals surface area contributed by atoms with E-state index in [1.165, 1.54) is 0 Å². The maximum Gasteiger partial charge on any atom is 0.230 e. The minimum absolute atomic E-state index is 0.0423. The SMILES string of the molecule is CC(NC(=O)CSCCCN)c1ccc(Br)cc1. The van der Waals surface area contributed by atoms with Crippen molar-refractivity contribution in [2.75, 3.05) is 18.1 Å². The summed E-state index contributed by atoms with van der Waals surface area (Å²) in [6.45, 7) is 2.68. The van der Waals surface area contributed by atoms with Crippen molar-refractivity contribution >= 4 is 33.6 Å². The number of rotatable bonds is 7. The summed E-state index contributed by atoms with van der Waals surface area (Å²) in [5.74, 6) is 1.52. The molecule has 0 fully saturated rings. The lowest BCUT2D eigenvalue weighted by molar-refractivity contribution is -0.119. The highest BCUT2D eigenvalue weighted by atomic mass is 79.9. The number of thioether (sulfide) groups is 1.